The van der Waals surface area contributed by atoms with Gasteiger partial charge in [-0.05, 0) is 44.0 Å². The molecule has 0 saturated heterocycles. The van der Waals surface area contributed by atoms with Crippen LogP contribution >= 0.6 is 0 Å². The second kappa shape index (κ2) is 6.40. The summed E-state index contributed by atoms with van der Waals surface area (Å²) in [7, 11) is 1.85. The number of benzene rings is 1. The van der Waals surface area contributed by atoms with Gasteiger partial charge < -0.3 is 10.6 Å². The van der Waals surface area contributed by atoms with Crippen molar-refractivity contribution in [1.82, 2.24) is 4.90 Å². The highest BCUT2D eigenvalue weighted by Gasteiger charge is 2.15. The van der Waals surface area contributed by atoms with Crippen molar-refractivity contribution in [3.05, 3.63) is 35.4 Å². The molecule has 1 amide bonds. The van der Waals surface area contributed by atoms with Crippen LogP contribution in [0, 0.1) is 0 Å². The lowest BCUT2D eigenvalue weighted by molar-refractivity contribution is 0.0740. The zero-order valence-electron chi connectivity index (χ0n) is 10.9. The van der Waals surface area contributed by atoms with Gasteiger partial charge in [-0.2, -0.15) is 0 Å². The summed E-state index contributed by atoms with van der Waals surface area (Å²) in [5, 5.41) is 0. The van der Waals surface area contributed by atoms with Crippen molar-refractivity contribution in [3.63, 3.8) is 0 Å². The Bertz CT molecular complexity index is 359. The molecule has 1 aromatic carbocycles. The standard InChI is InChI=1S/C14H22N2O/c1-4-11(2)16(3)14(17)13-7-5-12(6-8-13)9-10-15/h5-8,11H,4,9-10,15H2,1-3H3. The number of carbonyl (C=O) groups is 1. The molecule has 2 N–H and O–H groups in total. The summed E-state index contributed by atoms with van der Waals surface area (Å²) < 4.78 is 0. The molecule has 17 heavy (non-hydrogen) atoms. The maximum atomic E-state index is 12.1. The normalized spacial score (nSPS) is 12.2. The van der Waals surface area contributed by atoms with Crippen LogP contribution in [0.4, 0.5) is 0 Å². The fourth-order valence-corrected chi connectivity index (χ4v) is 1.66. The fraction of sp³-hybridized carbons (Fsp3) is 0.500. The third-order valence-corrected chi connectivity index (χ3v) is 3.21. The van der Waals surface area contributed by atoms with Gasteiger partial charge >= 0.3 is 0 Å². The van der Waals surface area contributed by atoms with Crippen molar-refractivity contribution in [1.29, 1.82) is 0 Å². The van der Waals surface area contributed by atoms with E-state index in [1.807, 2.05) is 31.3 Å². The first-order valence-corrected chi connectivity index (χ1v) is 6.16. The third kappa shape index (κ3) is 3.56. The van der Waals surface area contributed by atoms with Crippen molar-refractivity contribution < 1.29 is 4.79 Å². The summed E-state index contributed by atoms with van der Waals surface area (Å²) in [6.45, 7) is 4.78. The minimum Gasteiger partial charge on any atom is -0.339 e. The first kappa shape index (κ1) is 13.7. The van der Waals surface area contributed by atoms with Crippen LogP contribution < -0.4 is 5.73 Å². The number of hydrogen-bond acceptors (Lipinski definition) is 2. The van der Waals surface area contributed by atoms with Crippen LogP contribution in [0.3, 0.4) is 0 Å². The van der Waals surface area contributed by atoms with E-state index in [4.69, 9.17) is 5.73 Å². The summed E-state index contributed by atoms with van der Waals surface area (Å²) in [4.78, 5) is 13.9. The number of rotatable bonds is 5. The van der Waals surface area contributed by atoms with Crippen LogP contribution in [0.2, 0.25) is 0 Å². The highest BCUT2D eigenvalue weighted by atomic mass is 16.2. The highest BCUT2D eigenvalue weighted by molar-refractivity contribution is 5.94. The molecule has 0 heterocycles. The zero-order chi connectivity index (χ0) is 12.8. The van der Waals surface area contributed by atoms with Crippen LogP contribution in [0.25, 0.3) is 0 Å². The van der Waals surface area contributed by atoms with Gasteiger partial charge in [-0.1, -0.05) is 19.1 Å². The lowest BCUT2D eigenvalue weighted by Gasteiger charge is -2.23. The summed E-state index contributed by atoms with van der Waals surface area (Å²) in [5.74, 6) is 0.0821. The predicted octanol–water partition coefficient (Wildman–Crippen LogP) is 2.06. The number of nitrogens with zero attached hydrogens (tertiary/aromatic N) is 1. The Morgan fingerprint density at radius 3 is 2.41 bits per heavy atom. The molecule has 1 rings (SSSR count). The minimum absolute atomic E-state index is 0.0821. The first-order chi connectivity index (χ1) is 8.10. The number of amides is 1. The number of nitrogens with two attached hydrogens (primary N) is 1. The molecule has 0 aliphatic rings. The Balaban J connectivity index is 2.75. The quantitative estimate of drug-likeness (QED) is 0.847. The number of carbonyl (C=O) groups excluding carboxylic acids is 1. The molecule has 0 aliphatic heterocycles. The lowest BCUT2D eigenvalue weighted by Crippen LogP contribution is -2.34. The van der Waals surface area contributed by atoms with Crippen molar-refractivity contribution >= 4 is 5.91 Å². The van der Waals surface area contributed by atoms with E-state index in [1.165, 1.54) is 5.56 Å². The van der Waals surface area contributed by atoms with E-state index in [2.05, 4.69) is 13.8 Å². The topological polar surface area (TPSA) is 46.3 Å². The molecular formula is C14H22N2O. The van der Waals surface area contributed by atoms with Gasteiger partial charge in [-0.15, -0.1) is 0 Å². The largest absolute Gasteiger partial charge is 0.339 e. The Morgan fingerprint density at radius 1 is 1.35 bits per heavy atom. The average molecular weight is 234 g/mol. The molecule has 0 radical (unpaired) electrons. The van der Waals surface area contributed by atoms with E-state index in [-0.39, 0.29) is 11.9 Å². The molecule has 0 aromatic heterocycles. The number of hydrogen-bond donors (Lipinski definition) is 1. The van der Waals surface area contributed by atoms with Gasteiger partial charge in [0, 0.05) is 18.7 Å². The van der Waals surface area contributed by atoms with Crippen molar-refractivity contribution in [3.8, 4) is 0 Å². The first-order valence-electron chi connectivity index (χ1n) is 6.16. The average Bonchev–Trinajstić information content (AvgIpc) is 2.37. The Labute approximate surface area is 104 Å². The van der Waals surface area contributed by atoms with E-state index >= 15 is 0 Å². The van der Waals surface area contributed by atoms with Crippen LogP contribution in [0.5, 0.6) is 0 Å². The van der Waals surface area contributed by atoms with Crippen molar-refractivity contribution in [2.24, 2.45) is 5.73 Å². The van der Waals surface area contributed by atoms with Crippen LogP contribution in [-0.2, 0) is 6.42 Å². The van der Waals surface area contributed by atoms with Gasteiger partial charge in [0.25, 0.3) is 5.91 Å². The van der Waals surface area contributed by atoms with Gasteiger partial charge in [-0.3, -0.25) is 4.79 Å². The van der Waals surface area contributed by atoms with E-state index in [1.54, 1.807) is 4.90 Å². The summed E-state index contributed by atoms with van der Waals surface area (Å²) >= 11 is 0. The fourth-order valence-electron chi connectivity index (χ4n) is 1.66. The van der Waals surface area contributed by atoms with Gasteiger partial charge in [0.1, 0.15) is 0 Å². The van der Waals surface area contributed by atoms with Gasteiger partial charge in [0.2, 0.25) is 0 Å². The maximum Gasteiger partial charge on any atom is 0.253 e. The van der Waals surface area contributed by atoms with Gasteiger partial charge in [-0.25, -0.2) is 0 Å². The summed E-state index contributed by atoms with van der Waals surface area (Å²) in [5.41, 5.74) is 7.41. The minimum atomic E-state index is 0.0821. The Morgan fingerprint density at radius 2 is 1.94 bits per heavy atom. The van der Waals surface area contributed by atoms with Gasteiger partial charge in [0.15, 0.2) is 0 Å². The zero-order valence-corrected chi connectivity index (χ0v) is 10.9. The molecule has 3 nitrogen and oxygen atoms in total. The maximum absolute atomic E-state index is 12.1. The highest BCUT2D eigenvalue weighted by Crippen LogP contribution is 2.10. The molecule has 1 aromatic rings. The smallest absolute Gasteiger partial charge is 0.253 e. The lowest BCUT2D eigenvalue weighted by atomic mass is 10.1. The molecule has 1 unspecified atom stereocenters. The molecule has 3 heteroatoms. The van der Waals surface area contributed by atoms with Crippen LogP contribution in [0.15, 0.2) is 24.3 Å². The monoisotopic (exact) mass is 234 g/mol. The molecule has 0 spiro atoms. The Kier molecular flexibility index (Phi) is 5.16. The Hall–Kier alpha value is -1.35. The SMILES string of the molecule is CCC(C)N(C)C(=O)c1ccc(CCN)cc1. The van der Waals surface area contributed by atoms with E-state index in [9.17, 15) is 4.79 Å². The van der Waals surface area contributed by atoms with Gasteiger partial charge in [0.05, 0.1) is 0 Å². The molecule has 94 valence electrons. The van der Waals surface area contributed by atoms with E-state index in [0.717, 1.165) is 18.4 Å². The molecule has 0 aliphatic carbocycles. The summed E-state index contributed by atoms with van der Waals surface area (Å²) in [6, 6.07) is 7.99. The third-order valence-electron chi connectivity index (χ3n) is 3.21. The van der Waals surface area contributed by atoms with Crippen LogP contribution in [-0.4, -0.2) is 30.4 Å². The molecular weight excluding hydrogens is 212 g/mol. The van der Waals surface area contributed by atoms with E-state index < -0.39 is 0 Å². The molecule has 0 saturated carbocycles. The molecule has 0 fully saturated rings. The molecule has 0 bridgehead atoms. The van der Waals surface area contributed by atoms with E-state index in [0.29, 0.717) is 6.54 Å². The second-order valence-corrected chi connectivity index (χ2v) is 4.41. The van der Waals surface area contributed by atoms with Crippen molar-refractivity contribution in [2.75, 3.05) is 13.6 Å². The molecule has 1 atom stereocenters. The second-order valence-electron chi connectivity index (χ2n) is 4.41. The van der Waals surface area contributed by atoms with Crippen molar-refractivity contribution in [2.45, 2.75) is 32.7 Å². The summed E-state index contributed by atoms with van der Waals surface area (Å²) in [6.07, 6.45) is 1.82. The predicted molar refractivity (Wildman–Crippen MR) is 71.0 cm³/mol. The van der Waals surface area contributed by atoms with Crippen LogP contribution in [0.1, 0.15) is 36.2 Å².